The number of nitrogens with zero attached hydrogens (tertiary/aromatic N) is 2. The molecule has 6 rings (SSSR count). The van der Waals surface area contributed by atoms with Crippen molar-refractivity contribution < 1.29 is 9.59 Å². The van der Waals surface area contributed by atoms with Gasteiger partial charge in [0, 0.05) is 26.2 Å². The van der Waals surface area contributed by atoms with Gasteiger partial charge in [0.25, 0.3) is 11.8 Å². The Hall–Kier alpha value is -3.45. The number of halogens is 2. The highest BCUT2D eigenvalue weighted by Gasteiger charge is 2.35. The van der Waals surface area contributed by atoms with E-state index < -0.39 is 0 Å². The Kier molecular flexibility index (Phi) is 6.78. The fourth-order valence-electron chi connectivity index (χ4n) is 4.99. The number of carbonyl (C=O) groups excluding carboxylic acids is 2. The second-order valence-electron chi connectivity index (χ2n) is 9.35. The number of benzene rings is 3. The number of amides is 2. The summed E-state index contributed by atoms with van der Waals surface area (Å²) < 4.78 is 0. The van der Waals surface area contributed by atoms with Gasteiger partial charge in [-0.3, -0.25) is 9.59 Å². The second kappa shape index (κ2) is 10.4. The summed E-state index contributed by atoms with van der Waals surface area (Å²) in [4.78, 5) is 35.1. The van der Waals surface area contributed by atoms with Gasteiger partial charge in [-0.15, -0.1) is 11.3 Å². The van der Waals surface area contributed by atoms with Crippen LogP contribution in [-0.2, 0) is 24.2 Å². The summed E-state index contributed by atoms with van der Waals surface area (Å²) in [5.41, 5.74) is 5.16. The number of hydrogen-bond donors (Lipinski definition) is 1. The number of thiophene rings is 1. The monoisotopic (exact) mass is 559 g/mol. The molecule has 0 saturated carbocycles. The molecule has 5 nitrogen and oxygen atoms in total. The molecule has 2 heterocycles. The molecule has 190 valence electrons. The van der Waals surface area contributed by atoms with Crippen molar-refractivity contribution in [3.05, 3.63) is 110 Å². The van der Waals surface area contributed by atoms with E-state index >= 15 is 0 Å². The van der Waals surface area contributed by atoms with Crippen LogP contribution in [-0.4, -0.2) is 17.5 Å². The number of aliphatic imine (C=N–C) groups is 1. The molecule has 2 aliphatic rings. The lowest BCUT2D eigenvalue weighted by atomic mass is 9.95. The summed E-state index contributed by atoms with van der Waals surface area (Å²) in [7, 11) is 0. The number of fused-ring (bicyclic) bond motifs is 2. The SMILES string of the molecule is O=C(Nc1ccc(Cl)cc1)c1c(N=C2C(=O)N(Cc3ccc(Cl)cc3)c3ccccc32)sc2c1CCCC2. The van der Waals surface area contributed by atoms with E-state index in [0.717, 1.165) is 48.1 Å². The molecule has 0 radical (unpaired) electrons. The number of rotatable bonds is 5. The lowest BCUT2D eigenvalue weighted by molar-refractivity contribution is -0.112. The Morgan fingerprint density at radius 3 is 2.37 bits per heavy atom. The minimum absolute atomic E-state index is 0.184. The van der Waals surface area contributed by atoms with Gasteiger partial charge in [0.15, 0.2) is 0 Å². The summed E-state index contributed by atoms with van der Waals surface area (Å²) in [6.45, 7) is 0.400. The van der Waals surface area contributed by atoms with Crippen LogP contribution >= 0.6 is 34.5 Å². The van der Waals surface area contributed by atoms with E-state index in [1.165, 1.54) is 16.2 Å². The second-order valence-corrected chi connectivity index (χ2v) is 11.3. The molecule has 0 unspecified atom stereocenters. The van der Waals surface area contributed by atoms with Crippen molar-refractivity contribution in [3.8, 4) is 0 Å². The van der Waals surface area contributed by atoms with Gasteiger partial charge in [-0.2, -0.15) is 0 Å². The Morgan fingerprint density at radius 2 is 1.61 bits per heavy atom. The summed E-state index contributed by atoms with van der Waals surface area (Å²) in [6, 6.07) is 22.2. The Labute approximate surface area is 234 Å². The van der Waals surface area contributed by atoms with Gasteiger partial charge in [-0.05, 0) is 79.3 Å². The third-order valence-corrected chi connectivity index (χ3v) is 8.54. The molecule has 8 heteroatoms. The van der Waals surface area contributed by atoms with Crippen molar-refractivity contribution >= 4 is 68.4 Å². The number of nitrogens with one attached hydrogen (secondary N) is 1. The van der Waals surface area contributed by atoms with Crippen molar-refractivity contribution in [1.82, 2.24) is 0 Å². The first-order valence-corrected chi connectivity index (χ1v) is 14.0. The van der Waals surface area contributed by atoms with Gasteiger partial charge in [0.1, 0.15) is 10.7 Å². The topological polar surface area (TPSA) is 61.8 Å². The van der Waals surface area contributed by atoms with E-state index in [0.29, 0.717) is 38.6 Å². The number of para-hydroxylation sites is 1. The van der Waals surface area contributed by atoms with Crippen LogP contribution in [0, 0.1) is 0 Å². The number of carbonyl (C=O) groups is 2. The van der Waals surface area contributed by atoms with Crippen LogP contribution in [0.15, 0.2) is 77.8 Å². The first kappa shape index (κ1) is 24.9. The van der Waals surface area contributed by atoms with Gasteiger partial charge in [0.05, 0.1) is 17.8 Å². The highest BCUT2D eigenvalue weighted by molar-refractivity contribution is 7.16. The fourth-order valence-corrected chi connectivity index (χ4v) is 6.51. The molecule has 2 amide bonds. The predicted molar refractivity (Wildman–Crippen MR) is 156 cm³/mol. The number of hydrogen-bond acceptors (Lipinski definition) is 4. The van der Waals surface area contributed by atoms with Gasteiger partial charge in [0.2, 0.25) is 0 Å². The number of aryl methyl sites for hydroxylation is 1. The van der Waals surface area contributed by atoms with E-state index in [1.54, 1.807) is 29.2 Å². The summed E-state index contributed by atoms with van der Waals surface area (Å²) in [6.07, 6.45) is 3.85. The first-order valence-electron chi connectivity index (χ1n) is 12.4. The normalized spacial score (nSPS) is 15.5. The van der Waals surface area contributed by atoms with Crippen LogP contribution in [0.4, 0.5) is 16.4 Å². The molecule has 1 N–H and O–H groups in total. The molecule has 0 saturated heterocycles. The van der Waals surface area contributed by atoms with Crippen LogP contribution in [0.5, 0.6) is 0 Å². The predicted octanol–water partition coefficient (Wildman–Crippen LogP) is 7.85. The van der Waals surface area contributed by atoms with Gasteiger partial charge in [-0.1, -0.05) is 53.5 Å². The molecule has 1 aliphatic heterocycles. The highest BCUT2D eigenvalue weighted by Crippen LogP contribution is 2.42. The third-order valence-electron chi connectivity index (χ3n) is 6.85. The molecule has 1 aliphatic carbocycles. The Morgan fingerprint density at radius 1 is 0.921 bits per heavy atom. The minimum atomic E-state index is -0.220. The van der Waals surface area contributed by atoms with Gasteiger partial charge >= 0.3 is 0 Å². The molecule has 38 heavy (non-hydrogen) atoms. The maximum Gasteiger partial charge on any atom is 0.277 e. The van der Waals surface area contributed by atoms with Crippen molar-refractivity contribution in [1.29, 1.82) is 0 Å². The quantitative estimate of drug-likeness (QED) is 0.270. The Bertz CT molecular complexity index is 1580. The van der Waals surface area contributed by atoms with Gasteiger partial charge < -0.3 is 10.2 Å². The van der Waals surface area contributed by atoms with Crippen LogP contribution < -0.4 is 10.2 Å². The minimum Gasteiger partial charge on any atom is -0.322 e. The smallest absolute Gasteiger partial charge is 0.277 e. The lowest BCUT2D eigenvalue weighted by Gasteiger charge is -2.17. The Balaban J connectivity index is 1.40. The van der Waals surface area contributed by atoms with Crippen molar-refractivity contribution in [2.45, 2.75) is 32.2 Å². The average molecular weight is 561 g/mol. The molecular formula is C30H23Cl2N3O2S. The zero-order chi connectivity index (χ0) is 26.2. The molecule has 0 spiro atoms. The maximum absolute atomic E-state index is 13.7. The van der Waals surface area contributed by atoms with Gasteiger partial charge in [-0.25, -0.2) is 4.99 Å². The lowest BCUT2D eigenvalue weighted by Crippen LogP contribution is -2.29. The fraction of sp³-hybridized carbons (Fsp3) is 0.167. The van der Waals surface area contributed by atoms with Crippen molar-refractivity contribution in [2.75, 3.05) is 10.2 Å². The van der Waals surface area contributed by atoms with E-state index in [9.17, 15) is 9.59 Å². The maximum atomic E-state index is 13.7. The van der Waals surface area contributed by atoms with Crippen molar-refractivity contribution in [2.24, 2.45) is 4.99 Å². The highest BCUT2D eigenvalue weighted by atomic mass is 35.5. The summed E-state index contributed by atoms with van der Waals surface area (Å²) in [5.74, 6) is -0.403. The molecule has 3 aromatic carbocycles. The standard InChI is InChI=1S/C30H23Cl2N3O2S/c31-19-11-9-18(10-12-19)17-35-24-7-3-1-5-22(24)27(30(35)37)34-29-26(23-6-2-4-8-25(23)38-29)28(36)33-21-15-13-20(32)14-16-21/h1,3,5,7,9-16H,2,4,6,8,17H2,(H,33,36). The zero-order valence-corrected chi connectivity index (χ0v) is 22.7. The van der Waals surface area contributed by atoms with Crippen LogP contribution in [0.1, 0.15) is 44.8 Å². The van der Waals surface area contributed by atoms with Crippen LogP contribution in [0.2, 0.25) is 10.0 Å². The molecule has 0 atom stereocenters. The molecule has 1 aromatic heterocycles. The van der Waals surface area contributed by atoms with Crippen molar-refractivity contribution in [3.63, 3.8) is 0 Å². The van der Waals surface area contributed by atoms with E-state index in [-0.39, 0.29) is 11.8 Å². The van der Waals surface area contributed by atoms with E-state index in [1.807, 2.05) is 48.5 Å². The molecule has 0 bridgehead atoms. The summed E-state index contributed by atoms with van der Waals surface area (Å²) >= 11 is 13.6. The third kappa shape index (κ3) is 4.75. The zero-order valence-electron chi connectivity index (χ0n) is 20.3. The summed E-state index contributed by atoms with van der Waals surface area (Å²) in [5, 5.41) is 4.83. The van der Waals surface area contributed by atoms with E-state index in [4.69, 9.17) is 28.2 Å². The van der Waals surface area contributed by atoms with Crippen LogP contribution in [0.3, 0.4) is 0 Å². The molecule has 0 fully saturated rings. The van der Waals surface area contributed by atoms with Crippen LogP contribution in [0.25, 0.3) is 0 Å². The molecular weight excluding hydrogens is 537 g/mol. The van der Waals surface area contributed by atoms with E-state index in [2.05, 4.69) is 5.32 Å². The number of anilines is 2. The largest absolute Gasteiger partial charge is 0.322 e. The first-order chi connectivity index (χ1) is 18.5. The molecule has 4 aromatic rings. The average Bonchev–Trinajstić information content (AvgIpc) is 3.42.